The van der Waals surface area contributed by atoms with Crippen LogP contribution in [0.15, 0.2) is 22.7 Å². The van der Waals surface area contributed by atoms with E-state index in [0.29, 0.717) is 12.3 Å². The summed E-state index contributed by atoms with van der Waals surface area (Å²) in [5.74, 6) is 2.14. The molecule has 0 aromatic heterocycles. The first-order valence-corrected chi connectivity index (χ1v) is 13.7. The Morgan fingerprint density at radius 1 is 1.25 bits per heavy atom. The highest BCUT2D eigenvalue weighted by atomic mass is 79.9. The molecule has 1 aliphatic carbocycles. The molecule has 156 valence electrons. The zero-order valence-corrected chi connectivity index (χ0v) is 21.5. The van der Waals surface area contributed by atoms with Crippen LogP contribution in [0, 0.1) is 17.3 Å². The highest BCUT2D eigenvalue weighted by Crippen LogP contribution is 2.48. The summed E-state index contributed by atoms with van der Waals surface area (Å²) < 4.78 is 12.9. The number of carbonyl (C=O) groups excluding carboxylic acids is 1. The lowest BCUT2D eigenvalue weighted by Gasteiger charge is -2.41. The third-order valence-corrected chi connectivity index (χ3v) is 7.44. The normalized spacial score (nSPS) is 21.9. The van der Waals surface area contributed by atoms with Crippen molar-refractivity contribution in [2.45, 2.75) is 66.5 Å². The highest BCUT2D eigenvalue weighted by Gasteiger charge is 2.41. The Bertz CT molecular complexity index is 775. The van der Waals surface area contributed by atoms with Crippen molar-refractivity contribution >= 4 is 30.8 Å². The second-order valence-corrected chi connectivity index (χ2v) is 12.9. The van der Waals surface area contributed by atoms with Gasteiger partial charge in [0.25, 0.3) is 0 Å². The number of hydrogen-bond acceptors (Lipinski definition) is 3. The van der Waals surface area contributed by atoms with Gasteiger partial charge in [-0.05, 0) is 69.9 Å². The average molecular weight is 468 g/mol. The Morgan fingerprint density at radius 3 is 2.36 bits per heavy atom. The quantitative estimate of drug-likeness (QED) is 0.493. The van der Waals surface area contributed by atoms with Crippen molar-refractivity contribution in [1.29, 1.82) is 0 Å². The van der Waals surface area contributed by atoms with E-state index in [-0.39, 0.29) is 22.5 Å². The van der Waals surface area contributed by atoms with E-state index in [1.807, 2.05) is 6.08 Å². The van der Waals surface area contributed by atoms with Gasteiger partial charge in [0.1, 0.15) is 16.0 Å². The van der Waals surface area contributed by atoms with Gasteiger partial charge in [0.05, 0.1) is 7.11 Å². The summed E-state index contributed by atoms with van der Waals surface area (Å²) in [5, 5.41) is 0. The lowest BCUT2D eigenvalue weighted by Crippen LogP contribution is -2.39. The van der Waals surface area contributed by atoms with Crippen LogP contribution in [-0.2, 0) is 16.6 Å². The fourth-order valence-corrected chi connectivity index (χ4v) is 5.46. The fourth-order valence-electron chi connectivity index (χ4n) is 4.01. The van der Waals surface area contributed by atoms with Gasteiger partial charge in [0.2, 0.25) is 9.04 Å². The zero-order chi connectivity index (χ0) is 21.4. The number of allylic oxidation sites excluding steroid dienone is 2. The van der Waals surface area contributed by atoms with E-state index in [0.717, 1.165) is 21.5 Å². The maximum atomic E-state index is 12.9. The molecule has 1 aliphatic rings. The lowest BCUT2D eigenvalue weighted by molar-refractivity contribution is -0.123. The monoisotopic (exact) mass is 466 g/mol. The van der Waals surface area contributed by atoms with Gasteiger partial charge in [-0.3, -0.25) is 4.79 Å². The molecule has 0 aliphatic heterocycles. The van der Waals surface area contributed by atoms with Crippen LogP contribution in [0.2, 0.25) is 13.1 Å². The SMILES string of the molecule is COc1cc(C[C@@H]2C(=O)C=C[C@@H](C)C2(C)C)c(C(C)(C)C)c(O[SiH](C)C)c1Br. The number of ether oxygens (including phenoxy) is 1. The maximum absolute atomic E-state index is 12.9. The Hall–Kier alpha value is -1.07. The third kappa shape index (κ3) is 4.56. The number of rotatable bonds is 5. The molecule has 0 fully saturated rings. The number of hydrogen-bond donors (Lipinski definition) is 0. The molecule has 28 heavy (non-hydrogen) atoms. The minimum absolute atomic E-state index is 0.0661. The molecular weight excluding hydrogens is 432 g/mol. The van der Waals surface area contributed by atoms with E-state index in [1.54, 1.807) is 13.2 Å². The van der Waals surface area contributed by atoms with Crippen molar-refractivity contribution in [3.63, 3.8) is 0 Å². The summed E-state index contributed by atoms with van der Waals surface area (Å²) in [5.41, 5.74) is 2.10. The first kappa shape index (κ1) is 23.2. The van der Waals surface area contributed by atoms with Crippen molar-refractivity contribution in [2.75, 3.05) is 7.11 Å². The van der Waals surface area contributed by atoms with Crippen molar-refractivity contribution in [3.8, 4) is 11.5 Å². The van der Waals surface area contributed by atoms with Crippen molar-refractivity contribution in [3.05, 3.63) is 33.8 Å². The molecule has 3 nitrogen and oxygen atoms in total. The Morgan fingerprint density at radius 2 is 1.86 bits per heavy atom. The zero-order valence-electron chi connectivity index (χ0n) is 18.8. The summed E-state index contributed by atoms with van der Waals surface area (Å²) in [6.45, 7) is 17.5. The van der Waals surface area contributed by atoms with E-state index in [4.69, 9.17) is 9.16 Å². The standard InChI is InChI=1S/C23H35BrO3Si/c1-14-10-11-17(25)16(23(14,5)6)12-15-13-18(26-7)20(24)21(27-28(8)9)19(15)22(2,3)4/h10-11,13-14,16,28H,12H2,1-9H3/t14-,16-/m1/s1. The second kappa shape index (κ2) is 8.35. The molecule has 1 aromatic carbocycles. The van der Waals surface area contributed by atoms with E-state index < -0.39 is 9.04 Å². The molecule has 0 bridgehead atoms. The Labute approximate surface area is 180 Å². The number of carbonyl (C=O) groups is 1. The second-order valence-electron chi connectivity index (χ2n) is 9.80. The van der Waals surface area contributed by atoms with E-state index in [1.165, 1.54) is 5.56 Å². The van der Waals surface area contributed by atoms with Crippen LogP contribution in [0.4, 0.5) is 0 Å². The van der Waals surface area contributed by atoms with Gasteiger partial charge in [0, 0.05) is 11.5 Å². The van der Waals surface area contributed by atoms with Crippen LogP contribution < -0.4 is 9.16 Å². The van der Waals surface area contributed by atoms with Gasteiger partial charge < -0.3 is 9.16 Å². The van der Waals surface area contributed by atoms with Crippen LogP contribution in [0.3, 0.4) is 0 Å². The topological polar surface area (TPSA) is 35.5 Å². The fraction of sp³-hybridized carbons (Fsp3) is 0.609. The number of methoxy groups -OCH3 is 1. The molecular formula is C23H35BrO3Si. The molecule has 0 spiro atoms. The molecule has 0 saturated heterocycles. The predicted octanol–water partition coefficient (Wildman–Crippen LogP) is 6.08. The first-order valence-electron chi connectivity index (χ1n) is 10.1. The van der Waals surface area contributed by atoms with Crippen molar-refractivity contribution < 1.29 is 14.0 Å². The average Bonchev–Trinajstić information content (AvgIpc) is 2.56. The molecule has 0 heterocycles. The molecule has 0 unspecified atom stereocenters. The minimum Gasteiger partial charge on any atom is -0.546 e. The summed E-state index contributed by atoms with van der Waals surface area (Å²) in [6.07, 6.45) is 4.50. The summed E-state index contributed by atoms with van der Waals surface area (Å²) >= 11 is 3.71. The molecule has 0 radical (unpaired) electrons. The third-order valence-electron chi connectivity index (χ3n) is 5.98. The number of halogens is 1. The smallest absolute Gasteiger partial charge is 0.229 e. The van der Waals surface area contributed by atoms with Crippen LogP contribution >= 0.6 is 15.9 Å². The van der Waals surface area contributed by atoms with Crippen molar-refractivity contribution in [1.82, 2.24) is 0 Å². The van der Waals surface area contributed by atoms with E-state index in [9.17, 15) is 4.79 Å². The summed E-state index contributed by atoms with van der Waals surface area (Å²) in [6, 6.07) is 2.09. The molecule has 2 rings (SSSR count). The van der Waals surface area contributed by atoms with Gasteiger partial charge in [-0.25, -0.2) is 0 Å². The predicted molar refractivity (Wildman–Crippen MR) is 123 cm³/mol. The van der Waals surface area contributed by atoms with Crippen LogP contribution in [0.25, 0.3) is 0 Å². The number of benzene rings is 1. The first-order chi connectivity index (χ1) is 12.8. The minimum atomic E-state index is -1.34. The van der Waals surface area contributed by atoms with Gasteiger partial charge in [-0.1, -0.05) is 47.6 Å². The maximum Gasteiger partial charge on any atom is 0.229 e. The molecule has 2 atom stereocenters. The van der Waals surface area contributed by atoms with Crippen molar-refractivity contribution in [2.24, 2.45) is 17.3 Å². The van der Waals surface area contributed by atoms with Crippen LogP contribution in [0.1, 0.15) is 52.7 Å². The Balaban J connectivity index is 2.69. The number of ketones is 1. The van der Waals surface area contributed by atoms with Gasteiger partial charge in [0.15, 0.2) is 5.78 Å². The highest BCUT2D eigenvalue weighted by molar-refractivity contribution is 9.10. The largest absolute Gasteiger partial charge is 0.546 e. The van der Waals surface area contributed by atoms with Gasteiger partial charge in [-0.15, -0.1) is 0 Å². The molecule has 0 N–H and O–H groups in total. The Kier molecular flexibility index (Phi) is 6.92. The van der Waals surface area contributed by atoms with Crippen LogP contribution in [0.5, 0.6) is 11.5 Å². The van der Waals surface area contributed by atoms with Gasteiger partial charge >= 0.3 is 0 Å². The van der Waals surface area contributed by atoms with E-state index in [2.05, 4.69) is 76.6 Å². The molecule has 0 saturated carbocycles. The lowest BCUT2D eigenvalue weighted by atomic mass is 9.63. The van der Waals surface area contributed by atoms with E-state index >= 15 is 0 Å². The van der Waals surface area contributed by atoms with Crippen LogP contribution in [-0.4, -0.2) is 21.9 Å². The summed E-state index contributed by atoms with van der Waals surface area (Å²) in [4.78, 5) is 12.9. The summed E-state index contributed by atoms with van der Waals surface area (Å²) in [7, 11) is 0.343. The van der Waals surface area contributed by atoms with Gasteiger partial charge in [-0.2, -0.15) is 0 Å². The molecule has 0 amide bonds. The molecule has 5 heteroatoms. The molecule has 1 aromatic rings.